The number of hydrogen-bond donors (Lipinski definition) is 0. The van der Waals surface area contributed by atoms with Gasteiger partial charge in [-0.15, -0.1) is 0 Å². The fraction of sp³-hybridized carbons (Fsp3) is 1.00. The van der Waals surface area contributed by atoms with Crippen molar-refractivity contribution in [3.05, 3.63) is 0 Å². The molecule has 6 heteroatoms. The summed E-state index contributed by atoms with van der Waals surface area (Å²) in [6.45, 7) is 13.1. The average Bonchev–Trinajstić information content (AvgIpc) is 3.28. The molecular formula is C19H39NO4Si. The van der Waals surface area contributed by atoms with Crippen molar-refractivity contribution in [3.8, 4) is 0 Å². The normalized spacial score (nSPS) is 25.3. The molecule has 3 atom stereocenters. The molecule has 0 radical (unpaired) electrons. The predicted octanol–water partition coefficient (Wildman–Crippen LogP) is 3.11. The maximum Gasteiger partial charge on any atom is 0.324 e. The third kappa shape index (κ3) is 8.06. The minimum atomic E-state index is -1.52. The van der Waals surface area contributed by atoms with Crippen LogP contribution in [0.3, 0.4) is 0 Å². The molecule has 0 bridgehead atoms. The summed E-state index contributed by atoms with van der Waals surface area (Å²) in [6, 6.07) is 0. The Bertz CT molecular complexity index is 311. The molecule has 2 fully saturated rings. The lowest BCUT2D eigenvalue weighted by molar-refractivity contribution is 0.0369. The molecule has 25 heavy (non-hydrogen) atoms. The molecule has 2 aliphatic heterocycles. The van der Waals surface area contributed by atoms with Crippen molar-refractivity contribution in [1.82, 2.24) is 4.90 Å². The number of hydrogen-bond acceptors (Lipinski definition) is 5. The van der Waals surface area contributed by atoms with E-state index in [-0.39, 0.29) is 0 Å². The first-order valence-electron chi connectivity index (χ1n) is 10.4. The molecule has 0 amide bonds. The summed E-state index contributed by atoms with van der Waals surface area (Å²) >= 11 is 0. The van der Waals surface area contributed by atoms with E-state index in [9.17, 15) is 0 Å². The van der Waals surface area contributed by atoms with Crippen LogP contribution in [0.4, 0.5) is 0 Å². The van der Waals surface area contributed by atoms with Crippen LogP contribution in [-0.2, 0) is 18.3 Å². The Morgan fingerprint density at radius 3 is 2.00 bits per heavy atom. The van der Waals surface area contributed by atoms with Gasteiger partial charge in [0, 0.05) is 39.5 Å². The van der Waals surface area contributed by atoms with Gasteiger partial charge in [-0.3, -0.25) is 4.90 Å². The average molecular weight is 374 g/mol. The van der Waals surface area contributed by atoms with Crippen molar-refractivity contribution >= 4 is 9.28 Å². The third-order valence-corrected chi connectivity index (χ3v) is 7.82. The van der Waals surface area contributed by atoms with Crippen LogP contribution in [0.1, 0.15) is 59.3 Å². The van der Waals surface area contributed by atoms with Crippen LogP contribution >= 0.6 is 0 Å². The minimum Gasteiger partial charge on any atom is -0.397 e. The fourth-order valence-corrected chi connectivity index (χ4v) is 5.81. The van der Waals surface area contributed by atoms with Crippen LogP contribution in [0.5, 0.6) is 0 Å². The van der Waals surface area contributed by atoms with Gasteiger partial charge >= 0.3 is 9.28 Å². The molecule has 0 N–H and O–H groups in total. The van der Waals surface area contributed by atoms with E-state index >= 15 is 0 Å². The first-order valence-corrected chi connectivity index (χ1v) is 12.0. The SMILES string of the molecule is CCO[SiH](OCC)C(C)CCCN(CC1CCCO1)CC1CCCO1. The van der Waals surface area contributed by atoms with E-state index in [2.05, 4.69) is 25.7 Å². The third-order valence-electron chi connectivity index (χ3n) is 5.23. The lowest BCUT2D eigenvalue weighted by Crippen LogP contribution is -2.38. The van der Waals surface area contributed by atoms with E-state index < -0.39 is 9.28 Å². The Balaban J connectivity index is 1.74. The van der Waals surface area contributed by atoms with E-state index in [0.29, 0.717) is 17.7 Å². The highest BCUT2D eigenvalue weighted by Crippen LogP contribution is 2.21. The second kappa shape index (κ2) is 12.4. The molecule has 0 spiro atoms. The minimum absolute atomic E-state index is 0.424. The van der Waals surface area contributed by atoms with E-state index in [1.54, 1.807) is 0 Å². The molecule has 148 valence electrons. The van der Waals surface area contributed by atoms with Crippen LogP contribution in [0.25, 0.3) is 0 Å². The van der Waals surface area contributed by atoms with Gasteiger partial charge in [0.15, 0.2) is 0 Å². The second-order valence-electron chi connectivity index (χ2n) is 7.43. The van der Waals surface area contributed by atoms with Crippen molar-refractivity contribution in [2.45, 2.75) is 77.0 Å². The molecular weight excluding hydrogens is 334 g/mol. The molecule has 2 aliphatic rings. The molecule has 0 saturated carbocycles. The molecule has 5 nitrogen and oxygen atoms in total. The molecule has 0 aromatic rings. The summed E-state index contributed by atoms with van der Waals surface area (Å²) in [4.78, 5) is 2.58. The van der Waals surface area contributed by atoms with Gasteiger partial charge < -0.3 is 18.3 Å². The highest BCUT2D eigenvalue weighted by Gasteiger charge is 2.25. The van der Waals surface area contributed by atoms with Gasteiger partial charge in [-0.2, -0.15) is 0 Å². The largest absolute Gasteiger partial charge is 0.397 e. The maximum atomic E-state index is 5.88. The standard InChI is InChI=1S/C19H39NO4Si/c1-4-23-25(24-5-2)17(3)9-6-12-20(15-18-10-7-13-21-18)16-19-11-8-14-22-19/h17-19,25H,4-16H2,1-3H3. The number of rotatable bonds is 13. The Labute approximate surface area is 156 Å². The molecule has 2 saturated heterocycles. The van der Waals surface area contributed by atoms with Crippen LogP contribution in [0.15, 0.2) is 0 Å². The van der Waals surface area contributed by atoms with E-state index in [0.717, 1.165) is 46.1 Å². The van der Waals surface area contributed by atoms with Crippen molar-refractivity contribution in [2.75, 3.05) is 46.1 Å². The van der Waals surface area contributed by atoms with E-state index in [4.69, 9.17) is 18.3 Å². The molecule has 3 unspecified atom stereocenters. The Hall–Kier alpha value is 0.0169. The van der Waals surface area contributed by atoms with Crippen LogP contribution < -0.4 is 0 Å². The highest BCUT2D eigenvalue weighted by molar-refractivity contribution is 6.46. The molecule has 0 aromatic carbocycles. The first-order chi connectivity index (χ1) is 12.2. The van der Waals surface area contributed by atoms with Crippen molar-refractivity contribution in [3.63, 3.8) is 0 Å². The quantitative estimate of drug-likeness (QED) is 0.464. The van der Waals surface area contributed by atoms with Gasteiger partial charge in [-0.05, 0) is 64.5 Å². The van der Waals surface area contributed by atoms with Crippen molar-refractivity contribution in [1.29, 1.82) is 0 Å². The molecule has 2 heterocycles. The topological polar surface area (TPSA) is 40.2 Å². The van der Waals surface area contributed by atoms with Crippen LogP contribution in [0, 0.1) is 0 Å². The lowest BCUT2D eigenvalue weighted by atomic mass is 10.1. The molecule has 0 aliphatic carbocycles. The number of nitrogens with zero attached hydrogens (tertiary/aromatic N) is 1. The molecule has 2 rings (SSSR count). The van der Waals surface area contributed by atoms with Crippen molar-refractivity contribution < 1.29 is 18.3 Å². The molecule has 0 aromatic heterocycles. The summed E-state index contributed by atoms with van der Waals surface area (Å²) < 4.78 is 23.5. The van der Waals surface area contributed by atoms with Gasteiger partial charge in [-0.25, -0.2) is 0 Å². The van der Waals surface area contributed by atoms with Gasteiger partial charge in [0.2, 0.25) is 0 Å². The Morgan fingerprint density at radius 2 is 1.56 bits per heavy atom. The highest BCUT2D eigenvalue weighted by atomic mass is 28.3. The predicted molar refractivity (Wildman–Crippen MR) is 103 cm³/mol. The van der Waals surface area contributed by atoms with Gasteiger partial charge in [-0.1, -0.05) is 6.92 Å². The summed E-state index contributed by atoms with van der Waals surface area (Å²) in [6.07, 6.45) is 8.08. The Kier molecular flexibility index (Phi) is 10.6. The lowest BCUT2D eigenvalue weighted by Gasteiger charge is -2.28. The Morgan fingerprint density at radius 1 is 1.00 bits per heavy atom. The zero-order valence-corrected chi connectivity index (χ0v) is 17.7. The van der Waals surface area contributed by atoms with Crippen LogP contribution in [-0.4, -0.2) is 72.5 Å². The zero-order valence-electron chi connectivity index (χ0n) is 16.6. The summed E-state index contributed by atoms with van der Waals surface area (Å²) in [7, 11) is -1.52. The monoisotopic (exact) mass is 373 g/mol. The van der Waals surface area contributed by atoms with Gasteiger partial charge in [0.25, 0.3) is 0 Å². The first kappa shape index (κ1) is 21.3. The van der Waals surface area contributed by atoms with Gasteiger partial charge in [0.05, 0.1) is 12.2 Å². The second-order valence-corrected chi connectivity index (χ2v) is 9.97. The van der Waals surface area contributed by atoms with Crippen LogP contribution in [0.2, 0.25) is 5.54 Å². The summed E-state index contributed by atoms with van der Waals surface area (Å²) in [5.41, 5.74) is 0.562. The van der Waals surface area contributed by atoms with Crippen molar-refractivity contribution in [2.24, 2.45) is 0 Å². The van der Waals surface area contributed by atoms with Gasteiger partial charge in [0.1, 0.15) is 0 Å². The smallest absolute Gasteiger partial charge is 0.324 e. The fourth-order valence-electron chi connectivity index (χ4n) is 3.89. The van der Waals surface area contributed by atoms with E-state index in [1.807, 2.05) is 0 Å². The summed E-state index contributed by atoms with van der Waals surface area (Å²) in [5, 5.41) is 0. The zero-order chi connectivity index (χ0) is 17.9. The number of ether oxygens (including phenoxy) is 2. The maximum absolute atomic E-state index is 5.88. The van der Waals surface area contributed by atoms with E-state index in [1.165, 1.54) is 38.5 Å². The summed E-state index contributed by atoms with van der Waals surface area (Å²) in [5.74, 6) is 0.